The van der Waals surface area contributed by atoms with Crippen molar-refractivity contribution < 1.29 is 14.3 Å². The summed E-state index contributed by atoms with van der Waals surface area (Å²) in [7, 11) is 0. The molecule has 7 heteroatoms. The minimum Gasteiger partial charge on any atom is -0.454 e. The summed E-state index contributed by atoms with van der Waals surface area (Å²) in [6.45, 7) is 3.86. The third-order valence-electron chi connectivity index (χ3n) is 3.78. The summed E-state index contributed by atoms with van der Waals surface area (Å²) < 4.78 is 12.1. The minimum atomic E-state index is -0.732. The Kier molecular flexibility index (Phi) is 3.77. The average Bonchev–Trinajstić information content (AvgIpc) is 2.91. The molecule has 2 heterocycles. The molecule has 0 aliphatic carbocycles. The van der Waals surface area contributed by atoms with Crippen LogP contribution in [0.4, 0.5) is 0 Å². The van der Waals surface area contributed by atoms with Gasteiger partial charge in [-0.3, -0.25) is 9.59 Å². The fraction of sp³-hybridized carbons (Fsp3) is 0.250. The van der Waals surface area contributed by atoms with Crippen LogP contribution < -0.4 is 20.8 Å². The van der Waals surface area contributed by atoms with Crippen LogP contribution in [-0.4, -0.2) is 17.3 Å². The lowest BCUT2D eigenvalue weighted by atomic mass is 10.1. The maximum absolute atomic E-state index is 12.5. The molecule has 1 amide bonds. The molecule has 0 atom stereocenters. The Morgan fingerprint density at radius 3 is 2.74 bits per heavy atom. The van der Waals surface area contributed by atoms with Gasteiger partial charge in [-0.2, -0.15) is 0 Å². The van der Waals surface area contributed by atoms with Gasteiger partial charge in [-0.1, -0.05) is 11.6 Å². The van der Waals surface area contributed by atoms with Crippen LogP contribution in [0.3, 0.4) is 0 Å². The van der Waals surface area contributed by atoms with E-state index in [1.54, 1.807) is 32.0 Å². The maximum atomic E-state index is 12.5. The minimum absolute atomic E-state index is 0.00226. The molecule has 1 aromatic carbocycles. The highest BCUT2D eigenvalue weighted by Crippen LogP contribution is 2.39. The molecule has 0 saturated carbocycles. The normalized spacial score (nSPS) is 12.5. The maximum Gasteiger partial charge on any atom is 0.264 e. The van der Waals surface area contributed by atoms with E-state index < -0.39 is 11.5 Å². The van der Waals surface area contributed by atoms with Crippen LogP contribution in [0.1, 0.15) is 27.2 Å². The zero-order valence-corrected chi connectivity index (χ0v) is 13.4. The van der Waals surface area contributed by atoms with Gasteiger partial charge in [-0.15, -0.1) is 0 Å². The third kappa shape index (κ3) is 2.66. The van der Waals surface area contributed by atoms with Crippen LogP contribution in [0.25, 0.3) is 0 Å². The molecule has 0 bridgehead atoms. The Labute approximate surface area is 137 Å². The number of fused-ring (bicyclic) bond motifs is 1. The Morgan fingerprint density at radius 2 is 2.04 bits per heavy atom. The van der Waals surface area contributed by atoms with Crippen molar-refractivity contribution in [3.8, 4) is 11.5 Å². The Hall–Kier alpha value is -2.47. The van der Waals surface area contributed by atoms with Crippen molar-refractivity contribution in [3.63, 3.8) is 0 Å². The van der Waals surface area contributed by atoms with Gasteiger partial charge in [0, 0.05) is 5.69 Å². The number of amides is 1. The molecule has 0 saturated heterocycles. The molecule has 2 N–H and O–H groups in total. The smallest absolute Gasteiger partial charge is 0.264 e. The number of nitrogens with two attached hydrogens (primary N) is 1. The van der Waals surface area contributed by atoms with Gasteiger partial charge in [0.2, 0.25) is 6.79 Å². The van der Waals surface area contributed by atoms with Crippen LogP contribution >= 0.6 is 11.6 Å². The van der Waals surface area contributed by atoms with Gasteiger partial charge in [0.25, 0.3) is 11.5 Å². The molecule has 0 unspecified atom stereocenters. The van der Waals surface area contributed by atoms with Crippen molar-refractivity contribution in [2.45, 2.75) is 20.4 Å². The number of carbonyl (C=O) groups excluding carboxylic acids is 1. The zero-order valence-electron chi connectivity index (χ0n) is 12.7. The summed E-state index contributed by atoms with van der Waals surface area (Å²) in [5.74, 6) is 0.312. The molecule has 1 aliphatic heterocycles. The van der Waals surface area contributed by atoms with Gasteiger partial charge in [0.15, 0.2) is 11.5 Å². The van der Waals surface area contributed by atoms with Crippen molar-refractivity contribution in [2.24, 2.45) is 5.73 Å². The summed E-state index contributed by atoms with van der Waals surface area (Å²) in [5, 5.41) is 0.419. The van der Waals surface area contributed by atoms with E-state index in [1.807, 2.05) is 0 Å². The lowest BCUT2D eigenvalue weighted by Gasteiger charge is -2.14. The summed E-state index contributed by atoms with van der Waals surface area (Å²) in [4.78, 5) is 24.1. The number of aryl methyl sites for hydroxylation is 2. The van der Waals surface area contributed by atoms with E-state index in [2.05, 4.69) is 0 Å². The predicted octanol–water partition coefficient (Wildman–Crippen LogP) is 1.99. The van der Waals surface area contributed by atoms with Crippen LogP contribution in [0.5, 0.6) is 11.5 Å². The van der Waals surface area contributed by atoms with E-state index in [-0.39, 0.29) is 18.9 Å². The van der Waals surface area contributed by atoms with Gasteiger partial charge < -0.3 is 19.8 Å². The largest absolute Gasteiger partial charge is 0.454 e. The van der Waals surface area contributed by atoms with Gasteiger partial charge in [-0.25, -0.2) is 0 Å². The highest BCUT2D eigenvalue weighted by atomic mass is 35.5. The van der Waals surface area contributed by atoms with Crippen molar-refractivity contribution in [1.82, 2.24) is 4.57 Å². The third-order valence-corrected chi connectivity index (χ3v) is 4.06. The molecule has 120 valence electrons. The second kappa shape index (κ2) is 5.62. The summed E-state index contributed by atoms with van der Waals surface area (Å²) >= 11 is 6.16. The van der Waals surface area contributed by atoms with Crippen molar-refractivity contribution in [1.29, 1.82) is 0 Å². The number of hydrogen-bond donors (Lipinski definition) is 1. The number of rotatable bonds is 3. The summed E-state index contributed by atoms with van der Waals surface area (Å²) in [5.41, 5.74) is 6.97. The fourth-order valence-electron chi connectivity index (χ4n) is 2.72. The van der Waals surface area contributed by atoms with Crippen LogP contribution in [0.2, 0.25) is 5.02 Å². The predicted molar refractivity (Wildman–Crippen MR) is 85.4 cm³/mol. The number of primary amides is 1. The highest BCUT2D eigenvalue weighted by Gasteiger charge is 2.20. The van der Waals surface area contributed by atoms with E-state index in [1.165, 1.54) is 4.57 Å². The fourth-order valence-corrected chi connectivity index (χ4v) is 3.01. The first-order valence-electron chi connectivity index (χ1n) is 6.97. The number of ether oxygens (including phenoxy) is 2. The van der Waals surface area contributed by atoms with Crippen LogP contribution in [0.15, 0.2) is 23.0 Å². The van der Waals surface area contributed by atoms with Crippen LogP contribution in [0, 0.1) is 13.8 Å². The van der Waals surface area contributed by atoms with Gasteiger partial charge >= 0.3 is 0 Å². The van der Waals surface area contributed by atoms with E-state index in [9.17, 15) is 9.59 Å². The topological polar surface area (TPSA) is 83.6 Å². The standard InChI is InChI=1S/C16H15ClN2O4/c1-8-3-9(2)19(16(21)13(8)15(18)20)6-10-4-11(17)14-12(5-10)22-7-23-14/h3-5H,6-7H2,1-2H3,(H2,18,20). The number of nitrogens with zero attached hydrogens (tertiary/aromatic N) is 1. The molecule has 0 fully saturated rings. The van der Waals surface area contributed by atoms with Crippen molar-refractivity contribution >= 4 is 17.5 Å². The quantitative estimate of drug-likeness (QED) is 0.930. The molecule has 1 aliphatic rings. The first kappa shape index (κ1) is 15.4. The van der Waals surface area contributed by atoms with Crippen molar-refractivity contribution in [3.05, 3.63) is 56.0 Å². The van der Waals surface area contributed by atoms with Crippen molar-refractivity contribution in [2.75, 3.05) is 6.79 Å². The SMILES string of the molecule is Cc1cc(C)n(Cc2cc(Cl)c3c(c2)OCO3)c(=O)c1C(N)=O. The Morgan fingerprint density at radius 1 is 1.30 bits per heavy atom. The number of pyridine rings is 1. The molecule has 2 aromatic rings. The molecular formula is C16H15ClN2O4. The van der Waals surface area contributed by atoms with Gasteiger partial charge in [0.1, 0.15) is 5.56 Å². The highest BCUT2D eigenvalue weighted by molar-refractivity contribution is 6.32. The Balaban J connectivity index is 2.08. The average molecular weight is 335 g/mol. The van der Waals surface area contributed by atoms with Crippen LogP contribution in [-0.2, 0) is 6.54 Å². The Bertz CT molecular complexity index is 873. The number of halogens is 1. The lowest BCUT2D eigenvalue weighted by Crippen LogP contribution is -2.32. The van der Waals surface area contributed by atoms with E-state index >= 15 is 0 Å². The number of carbonyl (C=O) groups is 1. The summed E-state index contributed by atoms with van der Waals surface area (Å²) in [6, 6.07) is 5.24. The first-order valence-corrected chi connectivity index (χ1v) is 7.35. The molecule has 1 aromatic heterocycles. The summed E-state index contributed by atoms with van der Waals surface area (Å²) in [6.07, 6.45) is 0. The molecule has 6 nitrogen and oxygen atoms in total. The number of benzene rings is 1. The second-order valence-electron chi connectivity index (χ2n) is 5.41. The van der Waals surface area contributed by atoms with Gasteiger partial charge in [0.05, 0.1) is 11.6 Å². The molecule has 3 rings (SSSR count). The monoisotopic (exact) mass is 334 g/mol. The van der Waals surface area contributed by atoms with E-state index in [4.69, 9.17) is 26.8 Å². The molecule has 23 heavy (non-hydrogen) atoms. The zero-order chi connectivity index (χ0) is 16.7. The molecule has 0 spiro atoms. The number of aromatic nitrogens is 1. The molecular weight excluding hydrogens is 320 g/mol. The number of hydrogen-bond acceptors (Lipinski definition) is 4. The lowest BCUT2D eigenvalue weighted by molar-refractivity contribution is 0.0997. The van der Waals surface area contributed by atoms with Gasteiger partial charge in [-0.05, 0) is 43.2 Å². The first-order chi connectivity index (χ1) is 10.9. The molecule has 0 radical (unpaired) electrons. The second-order valence-corrected chi connectivity index (χ2v) is 5.82. The van der Waals surface area contributed by atoms with E-state index in [0.29, 0.717) is 22.1 Å². The van der Waals surface area contributed by atoms with E-state index in [0.717, 1.165) is 11.3 Å².